The maximum Gasteiger partial charge on any atom is 0.270 e. The Morgan fingerprint density at radius 1 is 0.850 bits per heavy atom. The van der Waals surface area contributed by atoms with Crippen LogP contribution in [0, 0.1) is 0 Å². The molecule has 2 aromatic rings. The van der Waals surface area contributed by atoms with Crippen molar-refractivity contribution in [2.24, 2.45) is 0 Å². The highest BCUT2D eigenvalue weighted by atomic mass is 79.9. The van der Waals surface area contributed by atoms with Gasteiger partial charge in [-0.2, -0.15) is 0 Å². The van der Waals surface area contributed by atoms with Gasteiger partial charge in [-0.25, -0.2) is 0 Å². The van der Waals surface area contributed by atoms with Gasteiger partial charge in [0.2, 0.25) is 0 Å². The lowest BCUT2D eigenvalue weighted by atomic mass is 10.2. The van der Waals surface area contributed by atoms with Gasteiger partial charge in [-0.1, -0.05) is 34.1 Å². The van der Waals surface area contributed by atoms with Crippen LogP contribution >= 0.6 is 31.9 Å². The van der Waals surface area contributed by atoms with E-state index in [1.165, 1.54) is 0 Å². The lowest BCUT2D eigenvalue weighted by Crippen LogP contribution is -2.41. The molecule has 4 nitrogen and oxygen atoms in total. The van der Waals surface area contributed by atoms with E-state index in [0.717, 1.165) is 4.47 Å². The van der Waals surface area contributed by atoms with Crippen LogP contribution in [0.15, 0.2) is 57.5 Å². The summed E-state index contributed by atoms with van der Waals surface area (Å²) in [5, 5.41) is 0. The highest BCUT2D eigenvalue weighted by Gasteiger charge is 2.11. The van der Waals surface area contributed by atoms with E-state index in [4.69, 9.17) is 0 Å². The number of hydrogen-bond acceptors (Lipinski definition) is 2. The first-order chi connectivity index (χ1) is 9.58. The van der Waals surface area contributed by atoms with Crippen LogP contribution in [0.2, 0.25) is 0 Å². The Hall–Kier alpha value is -1.66. The van der Waals surface area contributed by atoms with Gasteiger partial charge in [0.15, 0.2) is 0 Å². The molecule has 0 saturated heterocycles. The van der Waals surface area contributed by atoms with E-state index in [0.29, 0.717) is 15.6 Å². The van der Waals surface area contributed by atoms with Crippen molar-refractivity contribution in [3.8, 4) is 0 Å². The summed E-state index contributed by atoms with van der Waals surface area (Å²) in [4.78, 5) is 23.8. The summed E-state index contributed by atoms with van der Waals surface area (Å²) in [6, 6.07) is 13.8. The van der Waals surface area contributed by atoms with E-state index in [2.05, 4.69) is 42.7 Å². The quantitative estimate of drug-likeness (QED) is 0.764. The standard InChI is InChI=1S/C14H10Br2N2O2/c15-10-5-3-4-9(8-10)13(19)17-18-14(20)11-6-1-2-7-12(11)16/h1-8H,(H,17,19)(H,18,20). The van der Waals surface area contributed by atoms with Gasteiger partial charge in [-0.05, 0) is 46.3 Å². The highest BCUT2D eigenvalue weighted by Crippen LogP contribution is 2.15. The Bertz CT molecular complexity index is 659. The Kier molecular flexibility index (Phi) is 4.92. The molecule has 0 radical (unpaired) electrons. The number of nitrogens with one attached hydrogen (secondary N) is 2. The fourth-order valence-electron chi connectivity index (χ4n) is 1.53. The first-order valence-corrected chi connectivity index (χ1v) is 7.27. The second-order valence-corrected chi connectivity index (χ2v) is 5.67. The normalized spacial score (nSPS) is 9.90. The third kappa shape index (κ3) is 3.68. The van der Waals surface area contributed by atoms with Gasteiger partial charge in [0.1, 0.15) is 0 Å². The van der Waals surface area contributed by atoms with Crippen molar-refractivity contribution >= 4 is 43.7 Å². The van der Waals surface area contributed by atoms with Crippen molar-refractivity contribution in [1.29, 1.82) is 0 Å². The minimum Gasteiger partial charge on any atom is -0.267 e. The highest BCUT2D eigenvalue weighted by molar-refractivity contribution is 9.10. The molecule has 0 spiro atoms. The summed E-state index contributed by atoms with van der Waals surface area (Å²) < 4.78 is 1.46. The Morgan fingerprint density at radius 2 is 1.55 bits per heavy atom. The predicted octanol–water partition coefficient (Wildman–Crippen LogP) is 3.29. The SMILES string of the molecule is O=C(NNC(=O)c1ccccc1Br)c1cccc(Br)c1. The fraction of sp³-hybridized carbons (Fsp3) is 0. The summed E-state index contributed by atoms with van der Waals surface area (Å²) in [6.45, 7) is 0. The Labute approximate surface area is 132 Å². The van der Waals surface area contributed by atoms with Crippen molar-refractivity contribution in [1.82, 2.24) is 10.9 Å². The van der Waals surface area contributed by atoms with Gasteiger partial charge >= 0.3 is 0 Å². The molecule has 0 aliphatic carbocycles. The number of rotatable bonds is 2. The first-order valence-electron chi connectivity index (χ1n) is 5.68. The number of amides is 2. The number of halogens is 2. The van der Waals surface area contributed by atoms with E-state index >= 15 is 0 Å². The number of benzene rings is 2. The zero-order chi connectivity index (χ0) is 14.5. The largest absolute Gasteiger partial charge is 0.270 e. The molecular formula is C14H10Br2N2O2. The zero-order valence-electron chi connectivity index (χ0n) is 10.2. The van der Waals surface area contributed by atoms with Crippen LogP contribution in [-0.4, -0.2) is 11.8 Å². The summed E-state index contributed by atoms with van der Waals surface area (Å²) in [7, 11) is 0. The summed E-state index contributed by atoms with van der Waals surface area (Å²) in [5.41, 5.74) is 5.64. The van der Waals surface area contributed by atoms with Gasteiger partial charge in [-0.15, -0.1) is 0 Å². The molecular weight excluding hydrogens is 388 g/mol. The van der Waals surface area contributed by atoms with Crippen molar-refractivity contribution < 1.29 is 9.59 Å². The molecule has 0 unspecified atom stereocenters. The van der Waals surface area contributed by atoms with Crippen molar-refractivity contribution in [2.45, 2.75) is 0 Å². The first kappa shape index (κ1) is 14.7. The second-order valence-electron chi connectivity index (χ2n) is 3.90. The van der Waals surface area contributed by atoms with E-state index in [1.807, 2.05) is 6.07 Å². The van der Waals surface area contributed by atoms with E-state index < -0.39 is 0 Å². The maximum atomic E-state index is 11.9. The van der Waals surface area contributed by atoms with Crippen LogP contribution in [0.1, 0.15) is 20.7 Å². The molecule has 0 bridgehead atoms. The Balaban J connectivity index is 2.01. The van der Waals surface area contributed by atoms with Gasteiger partial charge in [0.25, 0.3) is 11.8 Å². The molecule has 0 fully saturated rings. The maximum absolute atomic E-state index is 11.9. The lowest BCUT2D eigenvalue weighted by Gasteiger charge is -2.08. The minimum atomic E-state index is -0.388. The molecule has 2 amide bonds. The monoisotopic (exact) mass is 396 g/mol. The van der Waals surface area contributed by atoms with Crippen LogP contribution in [0.25, 0.3) is 0 Å². The number of carbonyl (C=O) groups excluding carboxylic acids is 2. The third-order valence-corrected chi connectivity index (χ3v) is 3.68. The van der Waals surface area contributed by atoms with E-state index in [9.17, 15) is 9.59 Å². The van der Waals surface area contributed by atoms with Gasteiger partial charge in [-0.3, -0.25) is 20.4 Å². The molecule has 6 heteroatoms. The molecule has 20 heavy (non-hydrogen) atoms. The zero-order valence-corrected chi connectivity index (χ0v) is 13.4. The molecule has 2 rings (SSSR count). The molecule has 0 heterocycles. The predicted molar refractivity (Wildman–Crippen MR) is 83.2 cm³/mol. The number of hydrogen-bond donors (Lipinski definition) is 2. The van der Waals surface area contributed by atoms with Crippen LogP contribution in [-0.2, 0) is 0 Å². The van der Waals surface area contributed by atoms with Gasteiger partial charge < -0.3 is 0 Å². The molecule has 0 aliphatic heterocycles. The Morgan fingerprint density at radius 3 is 2.25 bits per heavy atom. The van der Waals surface area contributed by atoms with Gasteiger partial charge in [0.05, 0.1) is 5.56 Å². The summed E-state index contributed by atoms with van der Waals surface area (Å²) >= 11 is 6.56. The fourth-order valence-corrected chi connectivity index (χ4v) is 2.39. The molecule has 0 aliphatic rings. The van der Waals surface area contributed by atoms with Gasteiger partial charge in [0, 0.05) is 14.5 Å². The summed E-state index contributed by atoms with van der Waals surface area (Å²) in [6.07, 6.45) is 0. The molecule has 102 valence electrons. The molecule has 0 saturated carbocycles. The topological polar surface area (TPSA) is 58.2 Å². The third-order valence-electron chi connectivity index (χ3n) is 2.49. The van der Waals surface area contributed by atoms with E-state index in [1.54, 1.807) is 42.5 Å². The smallest absolute Gasteiger partial charge is 0.267 e. The second kappa shape index (κ2) is 6.67. The van der Waals surface area contributed by atoms with Crippen LogP contribution in [0.4, 0.5) is 0 Å². The van der Waals surface area contributed by atoms with E-state index in [-0.39, 0.29) is 11.8 Å². The average molecular weight is 398 g/mol. The van der Waals surface area contributed by atoms with Crippen LogP contribution < -0.4 is 10.9 Å². The average Bonchev–Trinajstić information content (AvgIpc) is 2.45. The van der Waals surface area contributed by atoms with Crippen molar-refractivity contribution in [2.75, 3.05) is 0 Å². The van der Waals surface area contributed by atoms with Crippen molar-refractivity contribution in [3.63, 3.8) is 0 Å². The van der Waals surface area contributed by atoms with Crippen LogP contribution in [0.3, 0.4) is 0 Å². The lowest BCUT2D eigenvalue weighted by molar-refractivity contribution is 0.0846. The molecule has 0 aromatic heterocycles. The van der Waals surface area contributed by atoms with Crippen molar-refractivity contribution in [3.05, 3.63) is 68.6 Å². The minimum absolute atomic E-state index is 0.383. The number of carbonyl (C=O) groups is 2. The number of hydrazine groups is 1. The molecule has 0 atom stereocenters. The van der Waals surface area contributed by atoms with Crippen LogP contribution in [0.5, 0.6) is 0 Å². The molecule has 2 N–H and O–H groups in total. The summed E-state index contributed by atoms with van der Waals surface area (Å²) in [5.74, 6) is -0.771. The molecule has 2 aromatic carbocycles.